The summed E-state index contributed by atoms with van der Waals surface area (Å²) in [6.45, 7) is 7.60. The fourth-order valence-electron chi connectivity index (χ4n) is 2.15. The average Bonchev–Trinajstić information content (AvgIpc) is 2.79. The van der Waals surface area contributed by atoms with E-state index in [0.717, 1.165) is 5.57 Å². The third kappa shape index (κ3) is 6.68. The summed E-state index contributed by atoms with van der Waals surface area (Å²) < 4.78 is 5.08. The first kappa shape index (κ1) is 19.7. The number of nitrogens with one attached hydrogen (secondary N) is 4. The molecule has 2 amide bonds. The van der Waals surface area contributed by atoms with Gasteiger partial charge >= 0.3 is 6.03 Å². The SMILES string of the molecule is C=C/C(=C\C(=C)OC)C1\C=C/C=N/C(NC(=O)Nc2ccccc2)=C\NN1. The Morgan fingerprint density at radius 1 is 1.30 bits per heavy atom. The van der Waals surface area contributed by atoms with Crippen LogP contribution in [-0.2, 0) is 4.74 Å². The summed E-state index contributed by atoms with van der Waals surface area (Å²) in [6.07, 6.45) is 10.3. The average molecular weight is 365 g/mol. The van der Waals surface area contributed by atoms with Crippen LogP contribution < -0.4 is 21.5 Å². The summed E-state index contributed by atoms with van der Waals surface area (Å²) in [7, 11) is 1.55. The van der Waals surface area contributed by atoms with Gasteiger partial charge < -0.3 is 15.5 Å². The van der Waals surface area contributed by atoms with Gasteiger partial charge in [-0.1, -0.05) is 43.5 Å². The maximum Gasteiger partial charge on any atom is 0.324 e. The molecule has 4 N–H and O–H groups in total. The minimum absolute atomic E-state index is 0.199. The number of allylic oxidation sites excluding steroid dienone is 2. The number of hydrogen-bond donors (Lipinski definition) is 4. The third-order valence-electron chi connectivity index (χ3n) is 3.51. The van der Waals surface area contributed by atoms with E-state index in [2.05, 4.69) is 39.6 Å². The van der Waals surface area contributed by atoms with Crippen LogP contribution in [-0.4, -0.2) is 25.4 Å². The van der Waals surface area contributed by atoms with Crippen LogP contribution in [0.15, 0.2) is 96.1 Å². The largest absolute Gasteiger partial charge is 0.497 e. The van der Waals surface area contributed by atoms with E-state index in [1.165, 1.54) is 0 Å². The van der Waals surface area contributed by atoms with Gasteiger partial charge in [0.05, 0.1) is 19.4 Å². The lowest BCUT2D eigenvalue weighted by molar-refractivity contribution is 0.254. The molecule has 0 aliphatic carbocycles. The number of carbonyl (C=O) groups is 1. The molecule has 0 saturated heterocycles. The quantitative estimate of drug-likeness (QED) is 0.461. The smallest absolute Gasteiger partial charge is 0.324 e. The van der Waals surface area contributed by atoms with E-state index in [1.807, 2.05) is 24.3 Å². The second kappa shape index (κ2) is 10.4. The number of hydrogen-bond acceptors (Lipinski definition) is 5. The Morgan fingerprint density at radius 2 is 2.07 bits per heavy atom. The van der Waals surface area contributed by atoms with Crippen molar-refractivity contribution in [1.82, 2.24) is 16.2 Å². The number of methoxy groups -OCH3 is 1. The first-order valence-electron chi connectivity index (χ1n) is 8.24. The zero-order chi connectivity index (χ0) is 19.5. The van der Waals surface area contributed by atoms with E-state index < -0.39 is 6.03 Å². The molecule has 1 heterocycles. The van der Waals surface area contributed by atoms with Crippen molar-refractivity contribution in [3.05, 3.63) is 91.1 Å². The number of anilines is 1. The van der Waals surface area contributed by atoms with Gasteiger partial charge in [0, 0.05) is 11.9 Å². The monoisotopic (exact) mass is 365 g/mol. The molecule has 0 saturated carbocycles. The van der Waals surface area contributed by atoms with Gasteiger partial charge in [0.25, 0.3) is 0 Å². The molecule has 7 heteroatoms. The van der Waals surface area contributed by atoms with Crippen molar-refractivity contribution in [2.24, 2.45) is 4.99 Å². The van der Waals surface area contributed by atoms with Gasteiger partial charge in [0.15, 0.2) is 5.82 Å². The predicted octanol–water partition coefficient (Wildman–Crippen LogP) is 2.98. The number of ether oxygens (including phenoxy) is 1. The number of rotatable bonds is 6. The van der Waals surface area contributed by atoms with Gasteiger partial charge in [-0.3, -0.25) is 5.32 Å². The Hall–Kier alpha value is -3.58. The number of urea groups is 1. The number of carbonyl (C=O) groups excluding carboxylic acids is 1. The number of para-hydroxylation sites is 1. The van der Waals surface area contributed by atoms with Crippen LogP contribution >= 0.6 is 0 Å². The molecule has 1 atom stereocenters. The highest BCUT2D eigenvalue weighted by Gasteiger charge is 2.10. The van der Waals surface area contributed by atoms with Crippen molar-refractivity contribution in [2.45, 2.75) is 6.04 Å². The Morgan fingerprint density at radius 3 is 2.78 bits per heavy atom. The van der Waals surface area contributed by atoms with Crippen molar-refractivity contribution in [1.29, 1.82) is 0 Å². The van der Waals surface area contributed by atoms with Crippen LogP contribution in [0.5, 0.6) is 0 Å². The highest BCUT2D eigenvalue weighted by Crippen LogP contribution is 2.10. The standard InChI is InChI=1S/C20H23N5O2/c1-4-16(13-15(2)27-3)18-11-8-12-21-19(14-22-25-18)24-20(26)23-17-9-6-5-7-10-17/h4-14,18,22,25H,1-2H2,3H3,(H2,23,24,26)/b11-8-,16-13+,19-14+,21-12+. The third-order valence-corrected chi connectivity index (χ3v) is 3.51. The Bertz CT molecular complexity index is 794. The molecule has 2 rings (SSSR count). The summed E-state index contributed by atoms with van der Waals surface area (Å²) in [4.78, 5) is 16.3. The van der Waals surface area contributed by atoms with Crippen LogP contribution in [0.4, 0.5) is 10.5 Å². The molecule has 0 aromatic heterocycles. The summed E-state index contributed by atoms with van der Waals surface area (Å²) >= 11 is 0. The molecule has 140 valence electrons. The van der Waals surface area contributed by atoms with E-state index in [1.54, 1.807) is 49.9 Å². The molecule has 1 aliphatic heterocycles. The lowest BCUT2D eigenvalue weighted by Gasteiger charge is -2.16. The Kier molecular flexibility index (Phi) is 7.62. The van der Waals surface area contributed by atoms with E-state index in [9.17, 15) is 4.79 Å². The Balaban J connectivity index is 2.01. The molecule has 1 aromatic carbocycles. The number of nitrogens with zero attached hydrogens (tertiary/aromatic N) is 1. The summed E-state index contributed by atoms with van der Waals surface area (Å²) in [5, 5.41) is 5.40. The number of aliphatic imine (C=N–C) groups is 1. The fraction of sp³-hybridized carbons (Fsp3) is 0.100. The van der Waals surface area contributed by atoms with Crippen LogP contribution in [0, 0.1) is 0 Å². The van der Waals surface area contributed by atoms with Gasteiger partial charge in [0.2, 0.25) is 0 Å². The van der Waals surface area contributed by atoms with E-state index >= 15 is 0 Å². The van der Waals surface area contributed by atoms with Gasteiger partial charge in [-0.15, -0.1) is 0 Å². The first-order chi connectivity index (χ1) is 13.1. The summed E-state index contributed by atoms with van der Waals surface area (Å²) in [6, 6.07) is 8.55. The maximum absolute atomic E-state index is 12.1. The maximum atomic E-state index is 12.1. The molecular formula is C20H23N5O2. The summed E-state index contributed by atoms with van der Waals surface area (Å²) in [5.74, 6) is 0.857. The second-order valence-corrected chi connectivity index (χ2v) is 5.42. The molecule has 1 aromatic rings. The molecule has 0 bridgehead atoms. The minimum atomic E-state index is -0.394. The normalized spacial score (nSPS) is 21.0. The number of benzene rings is 1. The predicted molar refractivity (Wildman–Crippen MR) is 109 cm³/mol. The van der Waals surface area contributed by atoms with Crippen molar-refractivity contribution in [3.63, 3.8) is 0 Å². The first-order valence-corrected chi connectivity index (χ1v) is 8.24. The molecule has 0 radical (unpaired) electrons. The van der Waals surface area contributed by atoms with Gasteiger partial charge in [-0.25, -0.2) is 15.2 Å². The number of hydrazine groups is 1. The van der Waals surface area contributed by atoms with Crippen molar-refractivity contribution in [2.75, 3.05) is 12.4 Å². The molecule has 1 aliphatic rings. The number of amides is 2. The zero-order valence-electron chi connectivity index (χ0n) is 15.1. The van der Waals surface area contributed by atoms with E-state index in [0.29, 0.717) is 17.3 Å². The van der Waals surface area contributed by atoms with Crippen molar-refractivity contribution >= 4 is 17.9 Å². The van der Waals surface area contributed by atoms with Crippen LogP contribution in [0.2, 0.25) is 0 Å². The van der Waals surface area contributed by atoms with Crippen molar-refractivity contribution < 1.29 is 9.53 Å². The Labute approximate surface area is 158 Å². The molecule has 0 spiro atoms. The van der Waals surface area contributed by atoms with Gasteiger partial charge in [-0.2, -0.15) is 0 Å². The molecular weight excluding hydrogens is 342 g/mol. The molecule has 1 unspecified atom stereocenters. The van der Waals surface area contributed by atoms with Crippen LogP contribution in [0.25, 0.3) is 0 Å². The van der Waals surface area contributed by atoms with E-state index in [-0.39, 0.29) is 6.04 Å². The van der Waals surface area contributed by atoms with Crippen LogP contribution in [0.1, 0.15) is 0 Å². The molecule has 7 nitrogen and oxygen atoms in total. The highest BCUT2D eigenvalue weighted by molar-refractivity contribution is 5.90. The minimum Gasteiger partial charge on any atom is -0.497 e. The summed E-state index contributed by atoms with van der Waals surface area (Å²) in [5.41, 5.74) is 7.56. The van der Waals surface area contributed by atoms with Crippen LogP contribution in [0.3, 0.4) is 0 Å². The van der Waals surface area contributed by atoms with E-state index in [4.69, 9.17) is 4.74 Å². The molecule has 0 fully saturated rings. The lowest BCUT2D eigenvalue weighted by Crippen LogP contribution is -2.38. The molecule has 27 heavy (non-hydrogen) atoms. The highest BCUT2D eigenvalue weighted by atomic mass is 16.5. The fourth-order valence-corrected chi connectivity index (χ4v) is 2.15. The van der Waals surface area contributed by atoms with Crippen molar-refractivity contribution in [3.8, 4) is 0 Å². The zero-order valence-corrected chi connectivity index (χ0v) is 15.1. The topological polar surface area (TPSA) is 86.8 Å². The van der Waals surface area contributed by atoms with Gasteiger partial charge in [0.1, 0.15) is 5.76 Å². The lowest BCUT2D eigenvalue weighted by atomic mass is 10.1. The second-order valence-electron chi connectivity index (χ2n) is 5.42. The van der Waals surface area contributed by atoms with Gasteiger partial charge in [-0.05, 0) is 29.9 Å².